The molecule has 0 aromatic heterocycles. The second-order valence-corrected chi connectivity index (χ2v) is 12.2. The number of piperidine rings is 1. The SMILES string of the molecule is CC(C)Oc1ccccc1N1CCN(CCNC(=O)CN2CCCCC2=O)CC1.O=S(=O)(O)NC1CCCCC1. The fourth-order valence-electron chi connectivity index (χ4n) is 5.33. The number of likely N-dealkylation sites (tertiary alicyclic amines) is 1. The van der Waals surface area contributed by atoms with Gasteiger partial charge < -0.3 is 19.9 Å². The van der Waals surface area contributed by atoms with Crippen molar-refractivity contribution in [3.63, 3.8) is 0 Å². The molecule has 2 amide bonds. The van der Waals surface area contributed by atoms with E-state index in [0.717, 1.165) is 82.7 Å². The Hall–Kier alpha value is -2.41. The average molecular weight is 582 g/mol. The van der Waals surface area contributed by atoms with Crippen molar-refractivity contribution in [2.45, 2.75) is 77.4 Å². The van der Waals surface area contributed by atoms with Gasteiger partial charge in [-0.15, -0.1) is 0 Å². The Morgan fingerprint density at radius 2 is 1.73 bits per heavy atom. The third-order valence-corrected chi connectivity index (χ3v) is 8.00. The van der Waals surface area contributed by atoms with Crippen LogP contribution in [-0.4, -0.2) is 99.1 Å². The van der Waals surface area contributed by atoms with Crippen LogP contribution >= 0.6 is 0 Å². The molecule has 226 valence electrons. The highest BCUT2D eigenvalue weighted by molar-refractivity contribution is 7.83. The second kappa shape index (κ2) is 16.1. The first-order chi connectivity index (χ1) is 19.1. The summed E-state index contributed by atoms with van der Waals surface area (Å²) in [4.78, 5) is 30.3. The van der Waals surface area contributed by atoms with Gasteiger partial charge >= 0.3 is 10.3 Å². The number of hydrogen-bond acceptors (Lipinski definition) is 7. The minimum Gasteiger partial charge on any atom is -0.489 e. The van der Waals surface area contributed by atoms with E-state index in [9.17, 15) is 18.0 Å². The van der Waals surface area contributed by atoms with Crippen LogP contribution in [0.4, 0.5) is 5.69 Å². The van der Waals surface area contributed by atoms with Crippen molar-refractivity contribution in [2.75, 3.05) is 57.3 Å². The van der Waals surface area contributed by atoms with Crippen LogP contribution < -0.4 is 19.7 Å². The van der Waals surface area contributed by atoms with Gasteiger partial charge in [0, 0.05) is 58.3 Å². The van der Waals surface area contributed by atoms with Gasteiger partial charge in [0.25, 0.3) is 0 Å². The van der Waals surface area contributed by atoms with Crippen molar-refractivity contribution in [3.05, 3.63) is 24.3 Å². The highest BCUT2D eigenvalue weighted by Crippen LogP contribution is 2.29. The number of hydrogen-bond donors (Lipinski definition) is 3. The Morgan fingerprint density at radius 1 is 1.02 bits per heavy atom. The third-order valence-electron chi connectivity index (χ3n) is 7.37. The van der Waals surface area contributed by atoms with Crippen LogP contribution in [0.25, 0.3) is 0 Å². The van der Waals surface area contributed by atoms with Crippen LogP contribution in [0, 0.1) is 0 Å². The number of rotatable bonds is 10. The van der Waals surface area contributed by atoms with E-state index in [1.165, 1.54) is 6.42 Å². The van der Waals surface area contributed by atoms with Crippen LogP contribution in [-0.2, 0) is 19.9 Å². The molecule has 3 fully saturated rings. The zero-order valence-electron chi connectivity index (χ0n) is 24.0. The number of nitrogens with zero attached hydrogens (tertiary/aromatic N) is 3. The lowest BCUT2D eigenvalue weighted by Crippen LogP contribution is -2.49. The van der Waals surface area contributed by atoms with Gasteiger partial charge in [0.1, 0.15) is 5.75 Å². The molecule has 11 nitrogen and oxygen atoms in total. The Kier molecular flexibility index (Phi) is 13.0. The summed E-state index contributed by atoms with van der Waals surface area (Å²) < 4.78 is 37.3. The molecule has 1 aliphatic carbocycles. The average Bonchev–Trinajstić information content (AvgIpc) is 2.91. The zero-order valence-corrected chi connectivity index (χ0v) is 24.8. The lowest BCUT2D eigenvalue weighted by Gasteiger charge is -2.37. The quantitative estimate of drug-likeness (QED) is 0.359. The van der Waals surface area contributed by atoms with E-state index >= 15 is 0 Å². The monoisotopic (exact) mass is 581 g/mol. The number of amides is 2. The molecule has 3 aliphatic rings. The molecule has 0 bridgehead atoms. The number of anilines is 1. The van der Waals surface area contributed by atoms with Gasteiger partial charge in [-0.25, -0.2) is 0 Å². The van der Waals surface area contributed by atoms with Gasteiger partial charge in [-0.3, -0.25) is 19.0 Å². The van der Waals surface area contributed by atoms with Crippen molar-refractivity contribution in [2.24, 2.45) is 0 Å². The van der Waals surface area contributed by atoms with Crippen molar-refractivity contribution < 1.29 is 27.3 Å². The molecule has 1 saturated carbocycles. The summed E-state index contributed by atoms with van der Waals surface area (Å²) in [5.41, 5.74) is 1.15. The van der Waals surface area contributed by atoms with E-state index in [-0.39, 0.29) is 30.5 Å². The summed E-state index contributed by atoms with van der Waals surface area (Å²) in [7, 11) is -3.97. The minimum absolute atomic E-state index is 0.0428. The lowest BCUT2D eigenvalue weighted by molar-refractivity contribution is -0.137. The van der Waals surface area contributed by atoms with Crippen molar-refractivity contribution >= 4 is 27.8 Å². The van der Waals surface area contributed by atoms with Crippen LogP contribution in [0.1, 0.15) is 65.2 Å². The summed E-state index contributed by atoms with van der Waals surface area (Å²) in [6, 6.07) is 8.17. The molecule has 2 saturated heterocycles. The standard InChI is InChI=1S/C22H34N4O3.C6H13NO3S/c1-18(2)29-20-8-4-3-7-19(20)25-15-13-24(14-16-25)12-10-23-21(27)17-26-11-6-5-9-22(26)28;8-11(9,10)7-6-4-2-1-3-5-6/h3-4,7-8,18H,5-6,9-17H2,1-2H3,(H,23,27);6-7H,1-5H2,(H,8,9,10). The van der Waals surface area contributed by atoms with Crippen LogP contribution in [0.15, 0.2) is 24.3 Å². The Morgan fingerprint density at radius 3 is 2.38 bits per heavy atom. The number of para-hydroxylation sites is 2. The molecule has 0 atom stereocenters. The predicted octanol–water partition coefficient (Wildman–Crippen LogP) is 2.44. The van der Waals surface area contributed by atoms with Gasteiger partial charge in [-0.05, 0) is 51.7 Å². The Labute approximate surface area is 239 Å². The highest BCUT2D eigenvalue weighted by atomic mass is 32.2. The third kappa shape index (κ3) is 11.6. The van der Waals surface area contributed by atoms with Crippen LogP contribution in [0.5, 0.6) is 5.75 Å². The fraction of sp³-hybridized carbons (Fsp3) is 0.714. The maximum absolute atomic E-state index is 12.1. The number of carbonyl (C=O) groups excluding carboxylic acids is 2. The molecular weight excluding hydrogens is 534 g/mol. The lowest BCUT2D eigenvalue weighted by atomic mass is 9.96. The van der Waals surface area contributed by atoms with E-state index < -0.39 is 10.3 Å². The summed E-state index contributed by atoms with van der Waals surface area (Å²) in [6.45, 7) is 10.2. The molecule has 0 spiro atoms. The Balaban J connectivity index is 0.000000336. The maximum atomic E-state index is 12.1. The number of carbonyl (C=O) groups is 2. The van der Waals surface area contributed by atoms with Crippen molar-refractivity contribution in [3.8, 4) is 5.75 Å². The number of ether oxygens (including phenoxy) is 1. The van der Waals surface area contributed by atoms with Gasteiger partial charge in [0.05, 0.1) is 18.3 Å². The molecule has 4 rings (SSSR count). The summed E-state index contributed by atoms with van der Waals surface area (Å²) >= 11 is 0. The summed E-state index contributed by atoms with van der Waals surface area (Å²) in [5.74, 6) is 0.985. The van der Waals surface area contributed by atoms with E-state index in [1.807, 2.05) is 26.0 Å². The summed E-state index contributed by atoms with van der Waals surface area (Å²) in [5, 5.41) is 2.96. The first-order valence-electron chi connectivity index (χ1n) is 14.6. The first-order valence-corrected chi connectivity index (χ1v) is 16.1. The highest BCUT2D eigenvalue weighted by Gasteiger charge is 2.22. The molecule has 0 unspecified atom stereocenters. The summed E-state index contributed by atoms with van der Waals surface area (Å²) in [6.07, 6.45) is 7.62. The minimum atomic E-state index is -3.97. The zero-order chi connectivity index (χ0) is 29.0. The molecule has 0 radical (unpaired) electrons. The molecule has 2 aliphatic heterocycles. The second-order valence-electron chi connectivity index (χ2n) is 11.0. The van der Waals surface area contributed by atoms with E-state index in [1.54, 1.807) is 4.90 Å². The van der Waals surface area contributed by atoms with Crippen LogP contribution in [0.2, 0.25) is 0 Å². The predicted molar refractivity (Wildman–Crippen MR) is 156 cm³/mol. The molecule has 1 aromatic rings. The van der Waals surface area contributed by atoms with Gasteiger partial charge in [-0.1, -0.05) is 31.4 Å². The van der Waals surface area contributed by atoms with E-state index in [0.29, 0.717) is 19.5 Å². The molecule has 1 aromatic carbocycles. The molecular formula is C28H47N5O6S. The van der Waals surface area contributed by atoms with E-state index in [4.69, 9.17) is 9.29 Å². The topological polar surface area (TPSA) is 132 Å². The van der Waals surface area contributed by atoms with Gasteiger partial charge in [0.15, 0.2) is 0 Å². The van der Waals surface area contributed by atoms with Gasteiger partial charge in [-0.2, -0.15) is 13.1 Å². The molecule has 12 heteroatoms. The first kappa shape index (κ1) is 32.1. The number of benzene rings is 1. The molecule has 3 N–H and O–H groups in total. The van der Waals surface area contributed by atoms with Gasteiger partial charge in [0.2, 0.25) is 11.8 Å². The van der Waals surface area contributed by atoms with Crippen molar-refractivity contribution in [1.82, 2.24) is 19.8 Å². The molecule has 40 heavy (non-hydrogen) atoms. The smallest absolute Gasteiger partial charge is 0.333 e. The number of nitrogens with one attached hydrogen (secondary N) is 2. The van der Waals surface area contributed by atoms with Crippen molar-refractivity contribution in [1.29, 1.82) is 0 Å². The maximum Gasteiger partial charge on any atom is 0.333 e. The van der Waals surface area contributed by atoms with E-state index in [2.05, 4.69) is 32.0 Å². The fourth-order valence-corrected chi connectivity index (χ4v) is 5.98. The molecule has 2 heterocycles. The largest absolute Gasteiger partial charge is 0.489 e. The normalized spacial score (nSPS) is 19.2. The van der Waals surface area contributed by atoms with Crippen LogP contribution in [0.3, 0.4) is 0 Å². The Bertz CT molecular complexity index is 1040. The number of piperazine rings is 1.